The van der Waals surface area contributed by atoms with Crippen LogP contribution in [0.5, 0.6) is 11.5 Å². The number of aromatic nitrogens is 2. The van der Waals surface area contributed by atoms with Crippen molar-refractivity contribution in [2.45, 2.75) is 57.0 Å². The number of benzene rings is 2. The Balaban J connectivity index is 1.45. The van der Waals surface area contributed by atoms with Crippen molar-refractivity contribution >= 4 is 28.5 Å². The molecule has 2 heterocycles. The molecule has 1 atom stereocenters. The summed E-state index contributed by atoms with van der Waals surface area (Å²) in [6, 6.07) is 13.6. The molecule has 8 nitrogen and oxygen atoms in total. The number of rotatable bonds is 7. The molecule has 1 saturated heterocycles. The minimum absolute atomic E-state index is 0.00388. The van der Waals surface area contributed by atoms with E-state index >= 15 is 0 Å². The van der Waals surface area contributed by atoms with Crippen molar-refractivity contribution in [3.63, 3.8) is 0 Å². The highest BCUT2D eigenvalue weighted by atomic mass is 16.5. The highest BCUT2D eigenvalue weighted by Gasteiger charge is 2.37. The second kappa shape index (κ2) is 10.2. The van der Waals surface area contributed by atoms with Crippen molar-refractivity contribution in [1.82, 2.24) is 14.5 Å². The Hall–Kier alpha value is -3.55. The lowest BCUT2D eigenvalue weighted by molar-refractivity contribution is -0.133. The fraction of sp³-hybridized carbons (Fsp3) is 0.464. The molecule has 1 aromatic heterocycles. The summed E-state index contributed by atoms with van der Waals surface area (Å²) < 4.78 is 12.9. The van der Waals surface area contributed by atoms with Crippen LogP contribution in [-0.2, 0) is 16.1 Å². The Morgan fingerprint density at radius 2 is 1.86 bits per heavy atom. The van der Waals surface area contributed by atoms with Gasteiger partial charge in [0.1, 0.15) is 23.9 Å². The lowest BCUT2D eigenvalue weighted by atomic mass is 9.94. The third-order valence-electron chi connectivity index (χ3n) is 7.66. The summed E-state index contributed by atoms with van der Waals surface area (Å²) in [6.07, 6.45) is 6.04. The Labute approximate surface area is 211 Å². The number of imidazole rings is 1. The number of amides is 2. The molecule has 0 N–H and O–H groups in total. The van der Waals surface area contributed by atoms with E-state index in [4.69, 9.17) is 14.5 Å². The van der Waals surface area contributed by atoms with Crippen LogP contribution in [0.3, 0.4) is 0 Å². The third-order valence-corrected chi connectivity index (χ3v) is 7.66. The molecule has 1 aliphatic carbocycles. The van der Waals surface area contributed by atoms with Gasteiger partial charge in [-0.3, -0.25) is 9.59 Å². The summed E-state index contributed by atoms with van der Waals surface area (Å²) in [5.74, 6) is 1.99. The molecule has 8 heteroatoms. The molecule has 190 valence electrons. The van der Waals surface area contributed by atoms with Crippen LogP contribution in [0.4, 0.5) is 5.69 Å². The fourth-order valence-electron chi connectivity index (χ4n) is 5.61. The van der Waals surface area contributed by atoms with Crippen molar-refractivity contribution in [2.24, 2.45) is 0 Å². The predicted molar refractivity (Wildman–Crippen MR) is 139 cm³/mol. The molecule has 0 radical (unpaired) electrons. The van der Waals surface area contributed by atoms with E-state index in [0.717, 1.165) is 29.7 Å². The molecule has 36 heavy (non-hydrogen) atoms. The number of hydrogen-bond acceptors (Lipinski definition) is 5. The predicted octanol–water partition coefficient (Wildman–Crippen LogP) is 4.37. The first kappa shape index (κ1) is 24.2. The summed E-state index contributed by atoms with van der Waals surface area (Å²) >= 11 is 0. The minimum atomic E-state index is -0.145. The van der Waals surface area contributed by atoms with E-state index < -0.39 is 0 Å². The third kappa shape index (κ3) is 4.52. The molecule has 1 unspecified atom stereocenters. The molecule has 2 aromatic carbocycles. The monoisotopic (exact) mass is 490 g/mol. The summed E-state index contributed by atoms with van der Waals surface area (Å²) in [5, 5.41) is 0. The normalized spacial score (nSPS) is 18.6. The Morgan fingerprint density at radius 1 is 1.08 bits per heavy atom. The molecule has 5 rings (SSSR count). The van der Waals surface area contributed by atoms with E-state index in [1.54, 1.807) is 19.1 Å². The SMILES string of the molecule is COc1ccc(OC)c(N2CC(c3nc4ccccc4n3CC(=O)N(C)C3CCCCC3)CC2=O)c1. The van der Waals surface area contributed by atoms with E-state index in [0.29, 0.717) is 36.2 Å². The molecule has 2 amide bonds. The number of methoxy groups -OCH3 is 2. The van der Waals surface area contributed by atoms with Crippen molar-refractivity contribution in [2.75, 3.05) is 32.7 Å². The largest absolute Gasteiger partial charge is 0.497 e. The van der Waals surface area contributed by atoms with Crippen LogP contribution >= 0.6 is 0 Å². The quantitative estimate of drug-likeness (QED) is 0.492. The smallest absolute Gasteiger partial charge is 0.242 e. The first-order valence-corrected chi connectivity index (χ1v) is 12.7. The maximum absolute atomic E-state index is 13.4. The van der Waals surface area contributed by atoms with Crippen molar-refractivity contribution in [3.05, 3.63) is 48.3 Å². The van der Waals surface area contributed by atoms with Gasteiger partial charge in [-0.15, -0.1) is 0 Å². The van der Waals surface area contributed by atoms with Crippen LogP contribution < -0.4 is 14.4 Å². The van der Waals surface area contributed by atoms with Crippen molar-refractivity contribution in [1.29, 1.82) is 0 Å². The van der Waals surface area contributed by atoms with Crippen molar-refractivity contribution < 1.29 is 19.1 Å². The van der Waals surface area contributed by atoms with Gasteiger partial charge < -0.3 is 23.8 Å². The molecule has 1 saturated carbocycles. The fourth-order valence-corrected chi connectivity index (χ4v) is 5.61. The minimum Gasteiger partial charge on any atom is -0.497 e. The zero-order valence-corrected chi connectivity index (χ0v) is 21.3. The van der Waals surface area contributed by atoms with E-state index in [1.807, 2.05) is 59.0 Å². The van der Waals surface area contributed by atoms with Gasteiger partial charge in [0, 0.05) is 38.0 Å². The Bertz CT molecular complexity index is 1260. The van der Waals surface area contributed by atoms with Crippen LogP contribution in [0.15, 0.2) is 42.5 Å². The van der Waals surface area contributed by atoms with Gasteiger partial charge in [-0.2, -0.15) is 0 Å². The molecular weight excluding hydrogens is 456 g/mol. The molecule has 2 fully saturated rings. The highest BCUT2D eigenvalue weighted by molar-refractivity contribution is 5.98. The number of carbonyl (C=O) groups is 2. The van der Waals surface area contributed by atoms with Gasteiger partial charge in [-0.25, -0.2) is 4.98 Å². The number of hydrogen-bond donors (Lipinski definition) is 0. The van der Waals surface area contributed by atoms with Crippen molar-refractivity contribution in [3.8, 4) is 11.5 Å². The maximum Gasteiger partial charge on any atom is 0.242 e. The number of likely N-dealkylation sites (N-methyl/N-ethyl adjacent to an activating group) is 1. The van der Waals surface area contributed by atoms with Crippen LogP contribution in [-0.4, -0.2) is 60.1 Å². The number of fused-ring (bicyclic) bond motifs is 1. The first-order valence-electron chi connectivity index (χ1n) is 12.7. The summed E-state index contributed by atoms with van der Waals surface area (Å²) in [6.45, 7) is 0.675. The number of ether oxygens (including phenoxy) is 2. The lowest BCUT2D eigenvalue weighted by Gasteiger charge is -2.31. The summed E-state index contributed by atoms with van der Waals surface area (Å²) in [7, 11) is 5.12. The maximum atomic E-state index is 13.4. The van der Waals surface area contributed by atoms with Gasteiger partial charge >= 0.3 is 0 Å². The van der Waals surface area contributed by atoms with Gasteiger partial charge in [0.2, 0.25) is 11.8 Å². The first-order chi connectivity index (χ1) is 17.5. The highest BCUT2D eigenvalue weighted by Crippen LogP contribution is 2.39. The lowest BCUT2D eigenvalue weighted by Crippen LogP contribution is -2.40. The Kier molecular flexibility index (Phi) is 6.85. The standard InChI is InChI=1S/C28H34N4O4/c1-30(20-9-5-4-6-10-20)27(34)18-32-23-12-8-7-11-22(23)29-28(32)19-15-26(33)31(17-19)24-16-21(35-2)13-14-25(24)36-3/h7-8,11-14,16,19-20H,4-6,9-10,15,17-18H2,1-3H3. The number of anilines is 1. The average Bonchev–Trinajstić information content (AvgIpc) is 3.48. The van der Waals surface area contributed by atoms with E-state index in [-0.39, 0.29) is 24.3 Å². The van der Waals surface area contributed by atoms with Gasteiger partial charge in [0.25, 0.3) is 0 Å². The topological polar surface area (TPSA) is 76.9 Å². The van der Waals surface area contributed by atoms with Gasteiger partial charge in [0.05, 0.1) is 30.9 Å². The van der Waals surface area contributed by atoms with E-state index in [2.05, 4.69) is 0 Å². The van der Waals surface area contributed by atoms with Crippen LogP contribution in [0.2, 0.25) is 0 Å². The van der Waals surface area contributed by atoms with E-state index in [1.165, 1.54) is 19.3 Å². The number of carbonyl (C=O) groups excluding carboxylic acids is 2. The molecule has 3 aromatic rings. The molecule has 0 spiro atoms. The number of nitrogens with zero attached hydrogens (tertiary/aromatic N) is 4. The number of para-hydroxylation sites is 2. The Morgan fingerprint density at radius 3 is 2.61 bits per heavy atom. The zero-order valence-electron chi connectivity index (χ0n) is 21.3. The van der Waals surface area contributed by atoms with Gasteiger partial charge in [0.15, 0.2) is 0 Å². The summed E-state index contributed by atoms with van der Waals surface area (Å²) in [5.41, 5.74) is 2.44. The molecule has 0 bridgehead atoms. The second-order valence-corrected chi connectivity index (χ2v) is 9.78. The zero-order chi connectivity index (χ0) is 25.2. The van der Waals surface area contributed by atoms with E-state index in [9.17, 15) is 9.59 Å². The van der Waals surface area contributed by atoms with Gasteiger partial charge in [-0.05, 0) is 37.1 Å². The van der Waals surface area contributed by atoms with Crippen LogP contribution in [0.25, 0.3) is 11.0 Å². The molecule has 2 aliphatic rings. The molecular formula is C28H34N4O4. The van der Waals surface area contributed by atoms with Crippen LogP contribution in [0.1, 0.15) is 50.3 Å². The van der Waals surface area contributed by atoms with Crippen LogP contribution in [0, 0.1) is 0 Å². The summed E-state index contributed by atoms with van der Waals surface area (Å²) in [4.78, 5) is 35.2. The second-order valence-electron chi connectivity index (χ2n) is 9.78. The average molecular weight is 491 g/mol. The molecule has 1 aliphatic heterocycles. The van der Waals surface area contributed by atoms with Gasteiger partial charge in [-0.1, -0.05) is 31.4 Å².